The molecule has 0 bridgehead atoms. The fourth-order valence-corrected chi connectivity index (χ4v) is 3.97. The standard InChI is InChI=1S/C22H25N5O3/c1-15-11-17(12-18(14-23)22(28)24-3)16(2)26(15)19-7-8-20(21(13-19)27(29)30)25-9-5-4-6-10-25/h7-8,11-13H,4-6,9-10H2,1-3H3,(H,24,28)/b18-12+. The number of nitrogens with one attached hydrogen (secondary N) is 1. The van der Waals surface area contributed by atoms with E-state index in [9.17, 15) is 20.2 Å². The van der Waals surface area contributed by atoms with E-state index in [0.29, 0.717) is 11.4 Å². The Morgan fingerprint density at radius 3 is 2.53 bits per heavy atom. The third-order valence-corrected chi connectivity index (χ3v) is 5.47. The van der Waals surface area contributed by atoms with Crippen LogP contribution in [0.25, 0.3) is 11.8 Å². The SMILES string of the molecule is CNC(=O)/C(C#N)=C/c1cc(C)n(-c2ccc(N3CCCCC3)c([N+](=O)[O-])c2)c1C. The van der Waals surface area contributed by atoms with Crippen LogP contribution in [-0.2, 0) is 4.79 Å². The van der Waals surface area contributed by atoms with E-state index in [-0.39, 0.29) is 16.2 Å². The third kappa shape index (κ3) is 4.06. The number of nitro benzene ring substituents is 1. The first-order valence-electron chi connectivity index (χ1n) is 9.94. The van der Waals surface area contributed by atoms with Crippen molar-refractivity contribution >= 4 is 23.4 Å². The first-order valence-corrected chi connectivity index (χ1v) is 9.94. The Morgan fingerprint density at radius 2 is 1.93 bits per heavy atom. The maximum absolute atomic E-state index is 11.8. The van der Waals surface area contributed by atoms with Gasteiger partial charge in [-0.05, 0) is 62.9 Å². The van der Waals surface area contributed by atoms with Crippen LogP contribution in [-0.4, -0.2) is 35.5 Å². The summed E-state index contributed by atoms with van der Waals surface area (Å²) in [6.07, 6.45) is 4.77. The van der Waals surface area contributed by atoms with Crippen LogP contribution in [0.15, 0.2) is 29.8 Å². The quantitative estimate of drug-likeness (QED) is 0.353. The Balaban J connectivity index is 2.06. The molecule has 8 nitrogen and oxygen atoms in total. The normalized spacial score (nSPS) is 14.3. The van der Waals surface area contributed by atoms with Crippen molar-refractivity contribution < 1.29 is 9.72 Å². The van der Waals surface area contributed by atoms with Gasteiger partial charge in [-0.1, -0.05) is 0 Å². The molecule has 2 aromatic rings. The van der Waals surface area contributed by atoms with E-state index in [0.717, 1.165) is 49.3 Å². The zero-order valence-electron chi connectivity index (χ0n) is 17.4. The number of hydrogen-bond donors (Lipinski definition) is 1. The molecule has 1 aromatic carbocycles. The van der Waals surface area contributed by atoms with E-state index in [1.807, 2.05) is 42.7 Å². The van der Waals surface area contributed by atoms with E-state index >= 15 is 0 Å². The number of carbonyl (C=O) groups excluding carboxylic acids is 1. The van der Waals surface area contributed by atoms with E-state index < -0.39 is 5.91 Å². The summed E-state index contributed by atoms with van der Waals surface area (Å²) >= 11 is 0. The highest BCUT2D eigenvalue weighted by molar-refractivity contribution is 6.01. The van der Waals surface area contributed by atoms with E-state index in [1.165, 1.54) is 13.1 Å². The van der Waals surface area contributed by atoms with Crippen LogP contribution >= 0.6 is 0 Å². The van der Waals surface area contributed by atoms with Crippen LogP contribution in [0.4, 0.5) is 11.4 Å². The van der Waals surface area contributed by atoms with Crippen LogP contribution in [0.2, 0.25) is 0 Å². The summed E-state index contributed by atoms with van der Waals surface area (Å²) in [6, 6.07) is 9.07. The van der Waals surface area contributed by atoms with Gasteiger partial charge in [-0.2, -0.15) is 5.26 Å². The molecule has 1 N–H and O–H groups in total. The first-order chi connectivity index (χ1) is 14.4. The van der Waals surface area contributed by atoms with Gasteiger partial charge in [-0.15, -0.1) is 0 Å². The third-order valence-electron chi connectivity index (χ3n) is 5.47. The number of benzene rings is 1. The van der Waals surface area contributed by atoms with Crippen molar-refractivity contribution in [2.45, 2.75) is 33.1 Å². The maximum atomic E-state index is 11.8. The molecular weight excluding hydrogens is 382 g/mol. The van der Waals surface area contributed by atoms with Crippen LogP contribution < -0.4 is 10.2 Å². The molecule has 1 saturated heterocycles. The molecule has 0 aliphatic carbocycles. The van der Waals surface area contributed by atoms with Gasteiger partial charge < -0.3 is 14.8 Å². The van der Waals surface area contributed by atoms with Crippen molar-refractivity contribution in [3.63, 3.8) is 0 Å². The molecule has 1 fully saturated rings. The van der Waals surface area contributed by atoms with E-state index in [2.05, 4.69) is 10.2 Å². The zero-order chi connectivity index (χ0) is 21.8. The van der Waals surface area contributed by atoms with Gasteiger partial charge in [0.05, 0.1) is 10.6 Å². The fourth-order valence-electron chi connectivity index (χ4n) is 3.97. The summed E-state index contributed by atoms with van der Waals surface area (Å²) < 4.78 is 1.90. The number of nitrogens with zero attached hydrogens (tertiary/aromatic N) is 4. The number of piperidine rings is 1. The Morgan fingerprint density at radius 1 is 1.23 bits per heavy atom. The van der Waals surface area contributed by atoms with E-state index in [1.54, 1.807) is 6.07 Å². The van der Waals surface area contributed by atoms with Gasteiger partial charge >= 0.3 is 0 Å². The predicted molar refractivity (Wildman–Crippen MR) is 116 cm³/mol. The van der Waals surface area contributed by atoms with E-state index in [4.69, 9.17) is 0 Å². The molecule has 8 heteroatoms. The summed E-state index contributed by atoms with van der Waals surface area (Å²) in [5.41, 5.74) is 3.78. The number of carbonyl (C=O) groups is 1. The summed E-state index contributed by atoms with van der Waals surface area (Å²) in [6.45, 7) is 5.41. The Kier molecular flexibility index (Phi) is 6.21. The van der Waals surface area contributed by atoms with Crippen LogP contribution in [0, 0.1) is 35.3 Å². The van der Waals surface area contributed by atoms with Gasteiger partial charge in [0.1, 0.15) is 17.3 Å². The largest absolute Gasteiger partial charge is 0.366 e. The lowest BCUT2D eigenvalue weighted by molar-refractivity contribution is -0.384. The molecule has 0 radical (unpaired) electrons. The molecule has 0 saturated carbocycles. The molecule has 1 amide bonds. The Hall–Kier alpha value is -3.60. The molecule has 1 aliphatic heterocycles. The summed E-state index contributed by atoms with van der Waals surface area (Å²) in [4.78, 5) is 25.4. The molecule has 0 spiro atoms. The minimum Gasteiger partial charge on any atom is -0.366 e. The smallest absolute Gasteiger partial charge is 0.294 e. The number of rotatable bonds is 5. The Bertz CT molecular complexity index is 1060. The van der Waals surface area contributed by atoms with Crippen LogP contribution in [0.3, 0.4) is 0 Å². The molecule has 0 unspecified atom stereocenters. The summed E-state index contributed by atoms with van der Waals surface area (Å²) in [7, 11) is 1.47. The molecule has 1 aromatic heterocycles. The molecule has 0 atom stereocenters. The molecule has 1 aliphatic rings. The average Bonchev–Trinajstić information content (AvgIpc) is 3.04. The van der Waals surface area contributed by atoms with Gasteiger partial charge in [-0.25, -0.2) is 0 Å². The van der Waals surface area contributed by atoms with Gasteiger partial charge in [0.15, 0.2) is 0 Å². The number of aryl methyl sites for hydroxylation is 1. The molecule has 30 heavy (non-hydrogen) atoms. The molecule has 2 heterocycles. The number of amides is 1. The molecule has 3 rings (SSSR count). The van der Waals surface area contributed by atoms with Crippen molar-refractivity contribution in [3.8, 4) is 11.8 Å². The minimum atomic E-state index is -0.455. The highest BCUT2D eigenvalue weighted by Crippen LogP contribution is 2.34. The van der Waals surface area contributed by atoms with Gasteiger partial charge in [0.2, 0.25) is 0 Å². The Labute approximate surface area is 175 Å². The monoisotopic (exact) mass is 407 g/mol. The zero-order valence-corrected chi connectivity index (χ0v) is 17.4. The van der Waals surface area contributed by atoms with Crippen molar-refractivity contribution in [2.75, 3.05) is 25.0 Å². The number of nitriles is 1. The van der Waals surface area contributed by atoms with Crippen molar-refractivity contribution in [1.82, 2.24) is 9.88 Å². The molecular formula is C22H25N5O3. The highest BCUT2D eigenvalue weighted by Gasteiger charge is 2.23. The van der Waals surface area contributed by atoms with Gasteiger partial charge in [-0.3, -0.25) is 14.9 Å². The second-order valence-electron chi connectivity index (χ2n) is 7.39. The maximum Gasteiger partial charge on any atom is 0.294 e. The van der Waals surface area contributed by atoms with Crippen molar-refractivity contribution in [2.24, 2.45) is 0 Å². The number of aromatic nitrogens is 1. The van der Waals surface area contributed by atoms with Crippen LogP contribution in [0.1, 0.15) is 36.2 Å². The average molecular weight is 407 g/mol. The topological polar surface area (TPSA) is 104 Å². The lowest BCUT2D eigenvalue weighted by Crippen LogP contribution is -2.30. The summed E-state index contributed by atoms with van der Waals surface area (Å²) in [5, 5.41) is 23.5. The lowest BCUT2D eigenvalue weighted by Gasteiger charge is -2.28. The first kappa shape index (κ1) is 21.1. The van der Waals surface area contributed by atoms with Crippen molar-refractivity contribution in [3.05, 3.63) is 56.9 Å². The number of anilines is 1. The molecule has 156 valence electrons. The van der Waals surface area contributed by atoms with Gasteiger partial charge in [0.25, 0.3) is 11.6 Å². The number of hydrogen-bond acceptors (Lipinski definition) is 5. The fraction of sp³-hybridized carbons (Fsp3) is 0.364. The van der Waals surface area contributed by atoms with Crippen LogP contribution in [0.5, 0.6) is 0 Å². The minimum absolute atomic E-state index is 0.00387. The number of nitro groups is 1. The lowest BCUT2D eigenvalue weighted by atomic mass is 10.1. The highest BCUT2D eigenvalue weighted by atomic mass is 16.6. The predicted octanol–water partition coefficient (Wildman–Crippen LogP) is 3.65. The second kappa shape index (κ2) is 8.82. The second-order valence-corrected chi connectivity index (χ2v) is 7.39. The number of likely N-dealkylation sites (N-methyl/N-ethyl adjacent to an activating group) is 1. The van der Waals surface area contributed by atoms with Crippen molar-refractivity contribution in [1.29, 1.82) is 5.26 Å². The van der Waals surface area contributed by atoms with Gasteiger partial charge in [0, 0.05) is 37.6 Å². The summed E-state index contributed by atoms with van der Waals surface area (Å²) in [5.74, 6) is -0.455.